The maximum absolute atomic E-state index is 13.4. The van der Waals surface area contributed by atoms with Crippen LogP contribution >= 0.6 is 0 Å². The lowest BCUT2D eigenvalue weighted by Gasteiger charge is -2.00. The average Bonchev–Trinajstić information content (AvgIpc) is 2.81. The quantitative estimate of drug-likeness (QED) is 0.782. The van der Waals surface area contributed by atoms with Gasteiger partial charge in [0.2, 0.25) is 0 Å². The zero-order chi connectivity index (χ0) is 13.1. The third-order valence-electron chi connectivity index (χ3n) is 2.66. The highest BCUT2D eigenvalue weighted by Gasteiger charge is 2.07. The molecule has 0 bridgehead atoms. The van der Waals surface area contributed by atoms with Gasteiger partial charge < -0.3 is 4.74 Å². The molecule has 5 heteroatoms. The first-order valence-corrected chi connectivity index (χ1v) is 5.46. The third-order valence-corrected chi connectivity index (χ3v) is 2.66. The summed E-state index contributed by atoms with van der Waals surface area (Å²) < 4.78 is 19.4. The van der Waals surface area contributed by atoms with Crippen LogP contribution in [-0.2, 0) is 16.1 Å². The van der Waals surface area contributed by atoms with Crippen molar-refractivity contribution >= 4 is 5.97 Å². The average molecular weight is 248 g/mol. The maximum atomic E-state index is 13.4. The van der Waals surface area contributed by atoms with Gasteiger partial charge in [0.1, 0.15) is 12.4 Å². The van der Waals surface area contributed by atoms with Crippen molar-refractivity contribution in [2.24, 2.45) is 0 Å². The van der Waals surface area contributed by atoms with E-state index < -0.39 is 0 Å². The summed E-state index contributed by atoms with van der Waals surface area (Å²) in [5, 5.41) is 4.03. The Morgan fingerprint density at radius 2 is 2.22 bits per heavy atom. The van der Waals surface area contributed by atoms with Crippen molar-refractivity contribution in [2.45, 2.75) is 13.5 Å². The summed E-state index contributed by atoms with van der Waals surface area (Å²) >= 11 is 0. The molecule has 0 saturated carbocycles. The topological polar surface area (TPSA) is 44.1 Å². The van der Waals surface area contributed by atoms with Crippen LogP contribution < -0.4 is 0 Å². The number of carbonyl (C=O) groups is 1. The van der Waals surface area contributed by atoms with Crippen LogP contribution in [0, 0.1) is 12.7 Å². The number of ether oxygens (including phenoxy) is 1. The van der Waals surface area contributed by atoms with E-state index in [2.05, 4.69) is 9.84 Å². The molecule has 2 aromatic rings. The van der Waals surface area contributed by atoms with Gasteiger partial charge in [-0.3, -0.25) is 9.48 Å². The number of benzene rings is 1. The molecule has 0 atom stereocenters. The number of aromatic nitrogens is 2. The SMILES string of the molecule is COC(=O)Cn1cc(-c2ccc(C)c(F)c2)cn1. The van der Waals surface area contributed by atoms with E-state index in [4.69, 9.17) is 0 Å². The van der Waals surface area contributed by atoms with Gasteiger partial charge in [0.15, 0.2) is 0 Å². The van der Waals surface area contributed by atoms with Gasteiger partial charge in [-0.1, -0.05) is 12.1 Å². The molecule has 94 valence electrons. The molecule has 1 heterocycles. The molecule has 0 aliphatic carbocycles. The largest absolute Gasteiger partial charge is 0.468 e. The summed E-state index contributed by atoms with van der Waals surface area (Å²) in [6.07, 6.45) is 3.27. The molecule has 1 aromatic carbocycles. The lowest BCUT2D eigenvalue weighted by atomic mass is 10.1. The minimum Gasteiger partial charge on any atom is -0.468 e. The fourth-order valence-electron chi connectivity index (χ4n) is 1.57. The number of rotatable bonds is 3. The van der Waals surface area contributed by atoms with Gasteiger partial charge in [0.25, 0.3) is 0 Å². The number of methoxy groups -OCH3 is 1. The van der Waals surface area contributed by atoms with E-state index >= 15 is 0 Å². The van der Waals surface area contributed by atoms with Crippen molar-refractivity contribution in [1.82, 2.24) is 9.78 Å². The summed E-state index contributed by atoms with van der Waals surface area (Å²) in [7, 11) is 1.32. The Bertz CT molecular complexity index is 578. The highest BCUT2D eigenvalue weighted by Crippen LogP contribution is 2.21. The summed E-state index contributed by atoms with van der Waals surface area (Å²) in [5.74, 6) is -0.632. The predicted molar refractivity (Wildman–Crippen MR) is 64.4 cm³/mol. The fraction of sp³-hybridized carbons (Fsp3) is 0.231. The first-order chi connectivity index (χ1) is 8.60. The second kappa shape index (κ2) is 5.00. The molecule has 0 spiro atoms. The van der Waals surface area contributed by atoms with Gasteiger partial charge >= 0.3 is 5.97 Å². The van der Waals surface area contributed by atoms with Crippen molar-refractivity contribution < 1.29 is 13.9 Å². The van der Waals surface area contributed by atoms with E-state index in [1.54, 1.807) is 25.4 Å². The smallest absolute Gasteiger partial charge is 0.327 e. The van der Waals surface area contributed by atoms with Crippen molar-refractivity contribution in [1.29, 1.82) is 0 Å². The summed E-state index contributed by atoms with van der Waals surface area (Å²) in [5.41, 5.74) is 2.09. The number of hydrogen-bond donors (Lipinski definition) is 0. The number of aryl methyl sites for hydroxylation is 1. The molecular formula is C13H13FN2O2. The normalized spacial score (nSPS) is 10.4. The van der Waals surface area contributed by atoms with Gasteiger partial charge in [0, 0.05) is 11.8 Å². The van der Waals surface area contributed by atoms with Gasteiger partial charge in [-0.15, -0.1) is 0 Å². The monoisotopic (exact) mass is 248 g/mol. The molecule has 0 radical (unpaired) electrons. The number of carbonyl (C=O) groups excluding carboxylic acids is 1. The number of hydrogen-bond acceptors (Lipinski definition) is 3. The van der Waals surface area contributed by atoms with Gasteiger partial charge in [0.05, 0.1) is 13.3 Å². The Balaban J connectivity index is 2.23. The maximum Gasteiger partial charge on any atom is 0.327 e. The molecule has 4 nitrogen and oxygen atoms in total. The van der Waals surface area contributed by atoms with Crippen LogP contribution in [0.15, 0.2) is 30.6 Å². The summed E-state index contributed by atoms with van der Waals surface area (Å²) in [6.45, 7) is 1.75. The van der Waals surface area contributed by atoms with Crippen LogP contribution in [0.4, 0.5) is 4.39 Å². The van der Waals surface area contributed by atoms with E-state index in [1.807, 2.05) is 6.07 Å². The molecule has 0 N–H and O–H groups in total. The van der Waals surface area contributed by atoms with Crippen LogP contribution in [0.25, 0.3) is 11.1 Å². The number of nitrogens with zero attached hydrogens (tertiary/aromatic N) is 2. The summed E-state index contributed by atoms with van der Waals surface area (Å²) in [4.78, 5) is 11.1. The van der Waals surface area contributed by atoms with E-state index in [0.29, 0.717) is 5.56 Å². The van der Waals surface area contributed by atoms with E-state index in [1.165, 1.54) is 17.9 Å². The van der Waals surface area contributed by atoms with Crippen molar-refractivity contribution in [2.75, 3.05) is 7.11 Å². The highest BCUT2D eigenvalue weighted by atomic mass is 19.1. The van der Waals surface area contributed by atoms with Crippen molar-refractivity contribution in [3.05, 3.63) is 42.0 Å². The fourth-order valence-corrected chi connectivity index (χ4v) is 1.57. The standard InChI is InChI=1S/C13H13FN2O2/c1-9-3-4-10(5-12(9)14)11-6-15-16(7-11)8-13(17)18-2/h3-7H,8H2,1-2H3. The first-order valence-electron chi connectivity index (χ1n) is 5.46. The highest BCUT2D eigenvalue weighted by molar-refractivity contribution is 5.69. The molecule has 2 rings (SSSR count). The van der Waals surface area contributed by atoms with Crippen molar-refractivity contribution in [3.63, 3.8) is 0 Å². The van der Waals surface area contributed by atoms with Gasteiger partial charge in [-0.2, -0.15) is 5.10 Å². The molecule has 0 aliphatic rings. The minimum atomic E-state index is -0.375. The molecule has 0 amide bonds. The predicted octanol–water partition coefficient (Wildman–Crippen LogP) is 2.17. The Labute approximate surface area is 104 Å². The lowest BCUT2D eigenvalue weighted by molar-refractivity contribution is -0.141. The molecule has 0 unspecified atom stereocenters. The number of halogens is 1. The van der Waals surface area contributed by atoms with Crippen LogP contribution in [-0.4, -0.2) is 22.9 Å². The lowest BCUT2D eigenvalue weighted by Crippen LogP contribution is -2.11. The molecular weight excluding hydrogens is 235 g/mol. The van der Waals surface area contributed by atoms with Gasteiger partial charge in [-0.05, 0) is 24.1 Å². The molecule has 0 aliphatic heterocycles. The Hall–Kier alpha value is -2.17. The third kappa shape index (κ3) is 2.56. The molecule has 0 saturated heterocycles. The molecule has 0 fully saturated rings. The summed E-state index contributed by atoms with van der Waals surface area (Å²) in [6, 6.07) is 4.98. The second-order valence-electron chi connectivity index (χ2n) is 3.97. The Kier molecular flexibility index (Phi) is 3.41. The zero-order valence-corrected chi connectivity index (χ0v) is 10.2. The van der Waals surface area contributed by atoms with Crippen LogP contribution in [0.5, 0.6) is 0 Å². The van der Waals surface area contributed by atoms with Crippen LogP contribution in [0.2, 0.25) is 0 Å². The van der Waals surface area contributed by atoms with Crippen molar-refractivity contribution in [3.8, 4) is 11.1 Å². The number of esters is 1. The molecule has 1 aromatic heterocycles. The Morgan fingerprint density at radius 1 is 1.44 bits per heavy atom. The van der Waals surface area contributed by atoms with Crippen LogP contribution in [0.3, 0.4) is 0 Å². The zero-order valence-electron chi connectivity index (χ0n) is 10.2. The first kappa shape index (κ1) is 12.3. The van der Waals surface area contributed by atoms with Crippen LogP contribution in [0.1, 0.15) is 5.56 Å². The minimum absolute atomic E-state index is 0.0465. The van der Waals surface area contributed by atoms with E-state index in [9.17, 15) is 9.18 Å². The van der Waals surface area contributed by atoms with Gasteiger partial charge in [-0.25, -0.2) is 4.39 Å². The molecule has 18 heavy (non-hydrogen) atoms. The van der Waals surface area contributed by atoms with E-state index in [-0.39, 0.29) is 18.3 Å². The Morgan fingerprint density at radius 3 is 2.89 bits per heavy atom. The van der Waals surface area contributed by atoms with E-state index in [0.717, 1.165) is 11.1 Å². The second-order valence-corrected chi connectivity index (χ2v) is 3.97.